The van der Waals surface area contributed by atoms with E-state index >= 15 is 0 Å². The number of furan rings is 2. The maximum atomic E-state index is 6.36. The Hall–Kier alpha value is -8.60. The van der Waals surface area contributed by atoms with Crippen molar-refractivity contribution in [1.29, 1.82) is 0 Å². The Balaban J connectivity index is 0.931. The topological polar surface area (TPSA) is 36.1 Å². The first-order valence-corrected chi connectivity index (χ1v) is 21.8. The van der Waals surface area contributed by atoms with Crippen LogP contribution in [0.25, 0.3) is 132 Å². The van der Waals surface area contributed by atoms with Crippen LogP contribution >= 0.6 is 0 Å². The summed E-state index contributed by atoms with van der Waals surface area (Å²) >= 11 is 0. The van der Waals surface area contributed by atoms with Gasteiger partial charge in [-0.15, -0.1) is 0 Å². The Morgan fingerprint density at radius 1 is 0.250 bits per heavy atom. The molecule has 4 heterocycles. The van der Waals surface area contributed by atoms with Crippen LogP contribution in [0.2, 0.25) is 0 Å². The predicted molar refractivity (Wildman–Crippen MR) is 266 cm³/mol. The van der Waals surface area contributed by atoms with E-state index in [9.17, 15) is 0 Å². The van der Waals surface area contributed by atoms with Crippen molar-refractivity contribution in [2.75, 3.05) is 0 Å². The highest BCUT2D eigenvalue weighted by Gasteiger charge is 2.22. The van der Waals surface area contributed by atoms with E-state index in [1.807, 2.05) is 12.1 Å². The van der Waals surface area contributed by atoms with Gasteiger partial charge in [0.25, 0.3) is 0 Å². The van der Waals surface area contributed by atoms with E-state index in [1.54, 1.807) is 0 Å². The molecule has 0 aliphatic rings. The van der Waals surface area contributed by atoms with Gasteiger partial charge in [-0.05, 0) is 106 Å². The van der Waals surface area contributed by atoms with E-state index in [2.05, 4.69) is 215 Å². The lowest BCUT2D eigenvalue weighted by Crippen LogP contribution is -1.96. The highest BCUT2D eigenvalue weighted by molar-refractivity contribution is 6.22. The fourth-order valence-electron chi connectivity index (χ4n) is 10.7. The minimum atomic E-state index is 0.899. The summed E-state index contributed by atoms with van der Waals surface area (Å²) in [5.74, 6) is 0. The van der Waals surface area contributed by atoms with Gasteiger partial charge in [0.2, 0.25) is 0 Å². The van der Waals surface area contributed by atoms with E-state index in [0.717, 1.165) is 77.4 Å². The van der Waals surface area contributed by atoms with Crippen LogP contribution in [0.1, 0.15) is 0 Å². The van der Waals surface area contributed by atoms with Crippen molar-refractivity contribution in [3.8, 4) is 44.8 Å². The molecule has 14 rings (SSSR count). The third-order valence-electron chi connectivity index (χ3n) is 13.3. The second kappa shape index (κ2) is 13.4. The van der Waals surface area contributed by atoms with Gasteiger partial charge in [0, 0.05) is 54.5 Å². The number of benzene rings is 10. The molecular weight excluding hydrogens is 781 g/mol. The van der Waals surface area contributed by atoms with E-state index in [4.69, 9.17) is 8.83 Å². The summed E-state index contributed by atoms with van der Waals surface area (Å²) in [5, 5.41) is 9.44. The summed E-state index contributed by atoms with van der Waals surface area (Å²) in [4.78, 5) is 0. The van der Waals surface area contributed by atoms with E-state index in [0.29, 0.717) is 0 Å². The maximum absolute atomic E-state index is 6.36. The van der Waals surface area contributed by atoms with Crippen LogP contribution in [0.15, 0.2) is 227 Å². The van der Waals surface area contributed by atoms with Gasteiger partial charge in [0.15, 0.2) is 0 Å². The van der Waals surface area contributed by atoms with Gasteiger partial charge in [0.05, 0.1) is 22.1 Å². The Bertz CT molecular complexity index is 3940. The minimum Gasteiger partial charge on any atom is -0.456 e. The molecule has 0 atom stereocenters. The first kappa shape index (κ1) is 35.0. The Kier molecular flexibility index (Phi) is 7.36. The molecule has 0 aliphatic heterocycles. The minimum absolute atomic E-state index is 0.899. The summed E-state index contributed by atoms with van der Waals surface area (Å²) in [6, 6.07) is 78.5. The van der Waals surface area contributed by atoms with Gasteiger partial charge in [-0.3, -0.25) is 0 Å². The molecule has 298 valence electrons. The molecule has 0 saturated carbocycles. The number of nitrogens with zero attached hydrogens (tertiary/aromatic N) is 2. The van der Waals surface area contributed by atoms with E-state index < -0.39 is 0 Å². The third kappa shape index (κ3) is 4.99. The van der Waals surface area contributed by atoms with Gasteiger partial charge in [-0.1, -0.05) is 146 Å². The zero-order valence-corrected chi connectivity index (χ0v) is 34.5. The van der Waals surface area contributed by atoms with Gasteiger partial charge in [-0.2, -0.15) is 0 Å². The summed E-state index contributed by atoms with van der Waals surface area (Å²) < 4.78 is 17.6. The van der Waals surface area contributed by atoms with Crippen molar-refractivity contribution in [1.82, 2.24) is 9.13 Å². The second-order valence-corrected chi connectivity index (χ2v) is 16.8. The summed E-state index contributed by atoms with van der Waals surface area (Å²) in [5.41, 5.74) is 17.5. The van der Waals surface area contributed by atoms with Crippen LogP contribution in [-0.2, 0) is 0 Å². The number of aromatic nitrogens is 2. The number of hydrogen-bond acceptors (Lipinski definition) is 2. The predicted octanol–water partition coefficient (Wildman–Crippen LogP) is 16.7. The van der Waals surface area contributed by atoms with Crippen LogP contribution in [0.5, 0.6) is 0 Å². The number of para-hydroxylation sites is 4. The molecule has 0 fully saturated rings. The van der Waals surface area contributed by atoms with Gasteiger partial charge >= 0.3 is 0 Å². The average molecular weight is 817 g/mol. The van der Waals surface area contributed by atoms with Crippen molar-refractivity contribution < 1.29 is 8.83 Å². The van der Waals surface area contributed by atoms with E-state index in [-0.39, 0.29) is 0 Å². The fourth-order valence-corrected chi connectivity index (χ4v) is 10.7. The molecule has 0 radical (unpaired) electrons. The van der Waals surface area contributed by atoms with Gasteiger partial charge < -0.3 is 18.0 Å². The Labute approximate surface area is 367 Å². The van der Waals surface area contributed by atoms with Crippen LogP contribution in [0.4, 0.5) is 0 Å². The standard InChI is InChI=1S/C60H36N2O2/c1-5-27-49-45(19-1)57-41(43-25-13-33-55-59(43)47-21-3-7-31-53(47)63-55)23-11-29-51(57)61(49)39-17-9-15-37(35-39)38-16-10-18-40(36-38)62-50-28-6-2-20-46(50)58-42(24-12-30-52(58)62)44-26-14-34-56-60(44)48-22-4-8-32-54(48)64-56/h1-36H. The molecular formula is C60H36N2O2. The van der Waals surface area contributed by atoms with Crippen molar-refractivity contribution in [2.24, 2.45) is 0 Å². The lowest BCUT2D eigenvalue weighted by atomic mass is 9.95. The first-order chi connectivity index (χ1) is 31.8. The molecule has 0 N–H and O–H groups in total. The average Bonchev–Trinajstić information content (AvgIpc) is 4.12. The molecule has 0 unspecified atom stereocenters. The molecule has 4 nitrogen and oxygen atoms in total. The maximum Gasteiger partial charge on any atom is 0.136 e. The van der Waals surface area contributed by atoms with Crippen molar-refractivity contribution in [3.05, 3.63) is 218 Å². The van der Waals surface area contributed by atoms with E-state index in [1.165, 1.54) is 54.8 Å². The smallest absolute Gasteiger partial charge is 0.136 e. The Morgan fingerprint density at radius 2 is 0.594 bits per heavy atom. The number of rotatable bonds is 5. The number of hydrogen-bond donors (Lipinski definition) is 0. The Morgan fingerprint density at radius 3 is 1.06 bits per heavy atom. The van der Waals surface area contributed by atoms with Gasteiger partial charge in [-0.25, -0.2) is 0 Å². The van der Waals surface area contributed by atoms with Crippen LogP contribution in [0.3, 0.4) is 0 Å². The highest BCUT2D eigenvalue weighted by Crippen LogP contribution is 2.45. The summed E-state index contributed by atoms with van der Waals surface area (Å²) in [6.07, 6.45) is 0. The highest BCUT2D eigenvalue weighted by atomic mass is 16.3. The quantitative estimate of drug-likeness (QED) is 0.173. The fraction of sp³-hybridized carbons (Fsp3) is 0. The largest absolute Gasteiger partial charge is 0.456 e. The second-order valence-electron chi connectivity index (χ2n) is 16.8. The van der Waals surface area contributed by atoms with Gasteiger partial charge in [0.1, 0.15) is 22.3 Å². The SMILES string of the molecule is c1cc(-c2cccc(-n3c4ccccc4c4c(-c5cccc6oc7ccccc7c56)cccc43)c2)cc(-n2c3ccccc3c3c(-c4cccc5oc6ccccc6c45)cccc32)c1. The normalized spacial score (nSPS) is 12.1. The third-order valence-corrected chi connectivity index (χ3v) is 13.3. The number of fused-ring (bicyclic) bond motifs is 12. The molecule has 0 spiro atoms. The zero-order valence-electron chi connectivity index (χ0n) is 34.5. The summed E-state index contributed by atoms with van der Waals surface area (Å²) in [6.45, 7) is 0. The first-order valence-electron chi connectivity index (χ1n) is 21.8. The lowest BCUT2D eigenvalue weighted by molar-refractivity contribution is 0.668. The van der Waals surface area contributed by atoms with Crippen LogP contribution < -0.4 is 0 Å². The molecule has 4 heteroatoms. The van der Waals surface area contributed by atoms with Crippen molar-refractivity contribution in [3.63, 3.8) is 0 Å². The summed E-state index contributed by atoms with van der Waals surface area (Å²) in [7, 11) is 0. The molecule has 14 aromatic rings. The molecule has 0 amide bonds. The molecule has 4 aromatic heterocycles. The van der Waals surface area contributed by atoms with Crippen molar-refractivity contribution in [2.45, 2.75) is 0 Å². The monoisotopic (exact) mass is 816 g/mol. The molecule has 0 saturated heterocycles. The zero-order chi connectivity index (χ0) is 41.9. The molecule has 64 heavy (non-hydrogen) atoms. The van der Waals surface area contributed by atoms with Crippen molar-refractivity contribution >= 4 is 87.5 Å². The van der Waals surface area contributed by atoms with Crippen LogP contribution in [0, 0.1) is 0 Å². The molecule has 0 aliphatic carbocycles. The lowest BCUT2D eigenvalue weighted by Gasteiger charge is -2.13. The molecule has 10 aromatic carbocycles. The molecule has 0 bridgehead atoms. The van der Waals surface area contributed by atoms with Crippen LogP contribution in [-0.4, -0.2) is 9.13 Å².